The number of fused-ring (bicyclic) bond motifs is 3. The molecule has 0 spiro atoms. The van der Waals surface area contributed by atoms with Crippen LogP contribution in [0.5, 0.6) is 0 Å². The first-order valence-electron chi connectivity index (χ1n) is 8.33. The van der Waals surface area contributed by atoms with Crippen molar-refractivity contribution in [2.75, 3.05) is 5.32 Å². The SMILES string of the molecule is CCCCc1ccc(Nc2ncnc3c2oc2ccccc23)cc1. The van der Waals surface area contributed by atoms with Gasteiger partial charge in [0.05, 0.1) is 0 Å². The van der Waals surface area contributed by atoms with Gasteiger partial charge in [-0.25, -0.2) is 9.97 Å². The third-order valence-electron chi connectivity index (χ3n) is 4.19. The van der Waals surface area contributed by atoms with Crippen LogP contribution in [0.1, 0.15) is 25.3 Å². The van der Waals surface area contributed by atoms with Crippen molar-refractivity contribution in [2.24, 2.45) is 0 Å². The standard InChI is InChI=1S/C20H19N3O/c1-2-3-6-14-9-11-15(12-10-14)23-20-19-18(21-13-22-20)16-7-4-5-8-17(16)24-19/h4-5,7-13H,2-3,6H2,1H3,(H,21,22,23). The first kappa shape index (κ1) is 14.7. The Morgan fingerprint density at radius 3 is 2.67 bits per heavy atom. The summed E-state index contributed by atoms with van der Waals surface area (Å²) in [5, 5.41) is 4.35. The summed E-state index contributed by atoms with van der Waals surface area (Å²) in [5.41, 5.74) is 4.71. The van der Waals surface area contributed by atoms with Crippen LogP contribution >= 0.6 is 0 Å². The lowest BCUT2D eigenvalue weighted by Crippen LogP contribution is -1.95. The second-order valence-corrected chi connectivity index (χ2v) is 5.92. The van der Waals surface area contributed by atoms with E-state index in [1.807, 2.05) is 24.3 Å². The molecule has 0 bridgehead atoms. The number of unbranched alkanes of at least 4 members (excludes halogenated alkanes) is 1. The number of aryl methyl sites for hydroxylation is 1. The smallest absolute Gasteiger partial charge is 0.196 e. The van der Waals surface area contributed by atoms with Gasteiger partial charge in [0, 0.05) is 11.1 Å². The van der Waals surface area contributed by atoms with E-state index in [2.05, 4.69) is 46.5 Å². The van der Waals surface area contributed by atoms with Crippen molar-refractivity contribution in [3.05, 3.63) is 60.4 Å². The van der Waals surface area contributed by atoms with Crippen molar-refractivity contribution in [1.82, 2.24) is 9.97 Å². The second kappa shape index (κ2) is 6.32. The molecule has 0 atom stereocenters. The molecule has 0 saturated heterocycles. The first-order valence-corrected chi connectivity index (χ1v) is 8.33. The van der Waals surface area contributed by atoms with Crippen molar-refractivity contribution in [1.29, 1.82) is 0 Å². The first-order chi connectivity index (χ1) is 11.8. The van der Waals surface area contributed by atoms with Crippen LogP contribution in [-0.2, 0) is 6.42 Å². The highest BCUT2D eigenvalue weighted by Gasteiger charge is 2.12. The van der Waals surface area contributed by atoms with Crippen LogP contribution in [0.25, 0.3) is 22.1 Å². The number of benzene rings is 2. The lowest BCUT2D eigenvalue weighted by molar-refractivity contribution is 0.667. The van der Waals surface area contributed by atoms with Crippen molar-refractivity contribution in [2.45, 2.75) is 26.2 Å². The number of para-hydroxylation sites is 1. The van der Waals surface area contributed by atoms with Crippen LogP contribution in [0.2, 0.25) is 0 Å². The Kier molecular flexibility index (Phi) is 3.87. The molecule has 0 amide bonds. The molecule has 0 unspecified atom stereocenters. The predicted molar refractivity (Wildman–Crippen MR) is 97.6 cm³/mol. The summed E-state index contributed by atoms with van der Waals surface area (Å²) in [5.74, 6) is 0.692. The maximum absolute atomic E-state index is 5.95. The zero-order valence-corrected chi connectivity index (χ0v) is 13.6. The number of nitrogens with zero attached hydrogens (tertiary/aromatic N) is 2. The van der Waals surface area contributed by atoms with Gasteiger partial charge in [0.15, 0.2) is 11.4 Å². The molecule has 1 N–H and O–H groups in total. The number of hydrogen-bond acceptors (Lipinski definition) is 4. The average molecular weight is 317 g/mol. The van der Waals surface area contributed by atoms with Gasteiger partial charge in [-0.15, -0.1) is 0 Å². The van der Waals surface area contributed by atoms with Crippen molar-refractivity contribution < 1.29 is 4.42 Å². The summed E-state index contributed by atoms with van der Waals surface area (Å²) in [7, 11) is 0. The Morgan fingerprint density at radius 1 is 1.00 bits per heavy atom. The van der Waals surface area contributed by atoms with Crippen molar-refractivity contribution >= 4 is 33.6 Å². The lowest BCUT2D eigenvalue weighted by atomic mass is 10.1. The van der Waals surface area contributed by atoms with Crippen molar-refractivity contribution in [3.8, 4) is 0 Å². The van der Waals surface area contributed by atoms with Crippen LogP contribution in [0.4, 0.5) is 11.5 Å². The molecule has 2 aromatic heterocycles. The zero-order valence-electron chi connectivity index (χ0n) is 13.6. The molecule has 0 radical (unpaired) electrons. The second-order valence-electron chi connectivity index (χ2n) is 5.92. The number of nitrogens with one attached hydrogen (secondary N) is 1. The molecule has 4 rings (SSSR count). The van der Waals surface area contributed by atoms with E-state index in [9.17, 15) is 0 Å². The summed E-state index contributed by atoms with van der Waals surface area (Å²) >= 11 is 0. The van der Waals surface area contributed by atoms with Crippen LogP contribution in [0, 0.1) is 0 Å². The minimum atomic E-state index is 0.689. The number of hydrogen-bond donors (Lipinski definition) is 1. The van der Waals surface area contributed by atoms with Gasteiger partial charge in [0.2, 0.25) is 0 Å². The molecule has 0 aliphatic carbocycles. The van der Waals surface area contributed by atoms with E-state index in [-0.39, 0.29) is 0 Å². The average Bonchev–Trinajstić information content (AvgIpc) is 3.01. The summed E-state index contributed by atoms with van der Waals surface area (Å²) < 4.78 is 5.95. The number of rotatable bonds is 5. The largest absolute Gasteiger partial charge is 0.450 e. The fourth-order valence-corrected chi connectivity index (χ4v) is 2.88. The van der Waals surface area contributed by atoms with Gasteiger partial charge in [-0.05, 0) is 42.7 Å². The van der Waals surface area contributed by atoms with E-state index in [0.29, 0.717) is 11.4 Å². The van der Waals surface area contributed by atoms with Gasteiger partial charge in [0.1, 0.15) is 17.4 Å². The normalized spacial score (nSPS) is 11.2. The Bertz CT molecular complexity index is 973. The Labute approximate surface area is 140 Å². The molecule has 0 aliphatic rings. The topological polar surface area (TPSA) is 51.0 Å². The maximum Gasteiger partial charge on any atom is 0.196 e. The van der Waals surface area contributed by atoms with Crippen LogP contribution < -0.4 is 5.32 Å². The van der Waals surface area contributed by atoms with Gasteiger partial charge in [0.25, 0.3) is 0 Å². The monoisotopic (exact) mass is 317 g/mol. The molecular formula is C20H19N3O. The van der Waals surface area contributed by atoms with E-state index in [1.54, 1.807) is 6.33 Å². The van der Waals surface area contributed by atoms with Crippen LogP contribution in [0.3, 0.4) is 0 Å². The molecule has 2 aromatic carbocycles. The predicted octanol–water partition coefficient (Wildman–Crippen LogP) is 5.46. The Hall–Kier alpha value is -2.88. The Balaban J connectivity index is 1.67. The highest BCUT2D eigenvalue weighted by Crippen LogP contribution is 2.31. The summed E-state index contributed by atoms with van der Waals surface area (Å²) in [6.45, 7) is 2.21. The molecule has 120 valence electrons. The van der Waals surface area contributed by atoms with E-state index >= 15 is 0 Å². The summed E-state index contributed by atoms with van der Waals surface area (Å²) in [4.78, 5) is 8.73. The third-order valence-corrected chi connectivity index (χ3v) is 4.19. The molecule has 24 heavy (non-hydrogen) atoms. The molecule has 0 fully saturated rings. The van der Waals surface area contributed by atoms with E-state index in [4.69, 9.17) is 4.42 Å². The van der Waals surface area contributed by atoms with Gasteiger partial charge in [-0.2, -0.15) is 0 Å². The van der Waals surface area contributed by atoms with Crippen LogP contribution in [-0.4, -0.2) is 9.97 Å². The zero-order chi connectivity index (χ0) is 16.4. The Morgan fingerprint density at radius 2 is 1.83 bits per heavy atom. The number of anilines is 2. The quantitative estimate of drug-likeness (QED) is 0.531. The fraction of sp³-hybridized carbons (Fsp3) is 0.200. The fourth-order valence-electron chi connectivity index (χ4n) is 2.88. The lowest BCUT2D eigenvalue weighted by Gasteiger charge is -2.07. The molecule has 4 nitrogen and oxygen atoms in total. The molecule has 4 heteroatoms. The van der Waals surface area contributed by atoms with Gasteiger partial charge in [-0.1, -0.05) is 37.6 Å². The van der Waals surface area contributed by atoms with E-state index in [1.165, 1.54) is 18.4 Å². The minimum Gasteiger partial charge on any atom is -0.450 e. The van der Waals surface area contributed by atoms with Crippen molar-refractivity contribution in [3.63, 3.8) is 0 Å². The highest BCUT2D eigenvalue weighted by molar-refractivity contribution is 6.05. The molecule has 0 aliphatic heterocycles. The van der Waals surface area contributed by atoms with Gasteiger partial charge < -0.3 is 9.73 Å². The number of furan rings is 1. The molecule has 0 saturated carbocycles. The van der Waals surface area contributed by atoms with Crippen LogP contribution in [0.15, 0.2) is 59.3 Å². The maximum atomic E-state index is 5.95. The highest BCUT2D eigenvalue weighted by atomic mass is 16.3. The van der Waals surface area contributed by atoms with Gasteiger partial charge >= 0.3 is 0 Å². The third kappa shape index (κ3) is 2.71. The van der Waals surface area contributed by atoms with Gasteiger partial charge in [-0.3, -0.25) is 0 Å². The molecule has 4 aromatic rings. The summed E-state index contributed by atoms with van der Waals surface area (Å²) in [6.07, 6.45) is 5.13. The molecule has 2 heterocycles. The number of aromatic nitrogens is 2. The molecular weight excluding hydrogens is 298 g/mol. The summed E-state index contributed by atoms with van der Waals surface area (Å²) in [6, 6.07) is 16.4. The minimum absolute atomic E-state index is 0.689. The van der Waals surface area contributed by atoms with E-state index in [0.717, 1.165) is 28.6 Å². The van der Waals surface area contributed by atoms with E-state index < -0.39 is 0 Å².